The molecule has 1 fully saturated rings. The van der Waals surface area contributed by atoms with E-state index in [-0.39, 0.29) is 0 Å². The zero-order chi connectivity index (χ0) is 21.8. The van der Waals surface area contributed by atoms with Crippen molar-refractivity contribution in [3.8, 4) is 29.0 Å². The van der Waals surface area contributed by atoms with Gasteiger partial charge in [-0.1, -0.05) is 55.4 Å². The summed E-state index contributed by atoms with van der Waals surface area (Å²) in [7, 11) is 1.68. The van der Waals surface area contributed by atoms with Crippen molar-refractivity contribution in [2.75, 3.05) is 7.11 Å². The molecule has 0 bridgehead atoms. The highest BCUT2D eigenvalue weighted by Gasteiger charge is 2.20. The zero-order valence-corrected chi connectivity index (χ0v) is 18.6. The van der Waals surface area contributed by atoms with Crippen LogP contribution in [0.1, 0.15) is 43.2 Å². The summed E-state index contributed by atoms with van der Waals surface area (Å²) in [6.45, 7) is 1.02. The van der Waals surface area contributed by atoms with Gasteiger partial charge in [-0.3, -0.25) is 0 Å². The van der Waals surface area contributed by atoms with Gasteiger partial charge in [-0.15, -0.1) is 0 Å². The van der Waals surface area contributed by atoms with Gasteiger partial charge >= 0.3 is 0 Å². The van der Waals surface area contributed by atoms with Crippen molar-refractivity contribution in [2.24, 2.45) is 5.92 Å². The molecule has 0 aliphatic heterocycles. The maximum atomic E-state index is 5.25. The van der Waals surface area contributed by atoms with Crippen molar-refractivity contribution in [1.82, 2.24) is 9.55 Å². The van der Waals surface area contributed by atoms with Crippen molar-refractivity contribution < 1.29 is 4.74 Å². The number of aromatic nitrogens is 2. The van der Waals surface area contributed by atoms with Gasteiger partial charge in [0.1, 0.15) is 11.6 Å². The molecule has 1 aliphatic rings. The average molecular weight is 421 g/mol. The molecule has 0 saturated heterocycles. The first-order valence-electron chi connectivity index (χ1n) is 11.5. The number of hydrogen-bond donors (Lipinski definition) is 0. The molecule has 3 aromatic carbocycles. The molecule has 0 N–H and O–H groups in total. The number of rotatable bonds is 4. The van der Waals surface area contributed by atoms with E-state index in [4.69, 9.17) is 9.72 Å². The first-order valence-corrected chi connectivity index (χ1v) is 11.5. The van der Waals surface area contributed by atoms with Gasteiger partial charge in [-0.2, -0.15) is 0 Å². The molecule has 3 heteroatoms. The molecule has 1 heterocycles. The molecule has 4 aromatic rings. The third-order valence-corrected chi connectivity index (χ3v) is 6.42. The number of ether oxygens (including phenoxy) is 1. The minimum absolute atomic E-state index is 0.720. The van der Waals surface area contributed by atoms with Gasteiger partial charge in [-0.25, -0.2) is 4.98 Å². The van der Waals surface area contributed by atoms with Crippen LogP contribution in [0, 0.1) is 17.8 Å². The molecule has 0 atom stereocenters. The highest BCUT2D eigenvalue weighted by molar-refractivity contribution is 5.82. The molecular formula is C29H28N2O. The SMILES string of the molecule is COc1ccc(C#Cc2ccccc2-c2nc3ccccc3n2CC2CCCCC2)cc1. The second kappa shape index (κ2) is 9.32. The molecule has 32 heavy (non-hydrogen) atoms. The Hall–Kier alpha value is -3.51. The van der Waals surface area contributed by atoms with Gasteiger partial charge in [0.05, 0.1) is 18.1 Å². The number of methoxy groups -OCH3 is 1. The number of fused-ring (bicyclic) bond motifs is 1. The maximum Gasteiger partial charge on any atom is 0.142 e. The van der Waals surface area contributed by atoms with Crippen molar-refractivity contribution in [1.29, 1.82) is 0 Å². The first-order chi connectivity index (χ1) is 15.8. The third kappa shape index (κ3) is 4.27. The Morgan fingerprint density at radius 3 is 2.44 bits per heavy atom. The van der Waals surface area contributed by atoms with E-state index in [1.807, 2.05) is 24.3 Å². The lowest BCUT2D eigenvalue weighted by atomic mass is 9.89. The van der Waals surface area contributed by atoms with Gasteiger partial charge in [0.2, 0.25) is 0 Å². The molecule has 0 amide bonds. The highest BCUT2D eigenvalue weighted by Crippen LogP contribution is 2.31. The van der Waals surface area contributed by atoms with E-state index in [9.17, 15) is 0 Å². The number of benzene rings is 3. The van der Waals surface area contributed by atoms with Crippen LogP contribution >= 0.6 is 0 Å². The number of imidazole rings is 1. The Morgan fingerprint density at radius 2 is 1.62 bits per heavy atom. The van der Waals surface area contributed by atoms with Gasteiger partial charge in [0.25, 0.3) is 0 Å². The summed E-state index contributed by atoms with van der Waals surface area (Å²) in [4.78, 5) is 5.07. The third-order valence-electron chi connectivity index (χ3n) is 6.42. The molecule has 160 valence electrons. The predicted octanol–water partition coefficient (Wildman–Crippen LogP) is 6.69. The molecule has 5 rings (SSSR count). The molecule has 0 unspecified atom stereocenters. The predicted molar refractivity (Wildman–Crippen MR) is 131 cm³/mol. The quantitative estimate of drug-likeness (QED) is 0.344. The van der Waals surface area contributed by atoms with Crippen LogP contribution in [-0.4, -0.2) is 16.7 Å². The summed E-state index contributed by atoms with van der Waals surface area (Å²) in [5.74, 6) is 9.30. The molecular weight excluding hydrogens is 392 g/mol. The molecule has 1 aromatic heterocycles. The van der Waals surface area contributed by atoms with Gasteiger partial charge < -0.3 is 9.30 Å². The Kier molecular flexibility index (Phi) is 5.94. The normalized spacial score (nSPS) is 14.2. The molecule has 0 spiro atoms. The lowest BCUT2D eigenvalue weighted by molar-refractivity contribution is 0.323. The summed E-state index contributed by atoms with van der Waals surface area (Å²) in [5.41, 5.74) is 5.34. The van der Waals surface area contributed by atoms with Crippen molar-refractivity contribution in [3.05, 3.63) is 83.9 Å². The fraction of sp³-hybridized carbons (Fsp3) is 0.276. The van der Waals surface area contributed by atoms with E-state index < -0.39 is 0 Å². The van der Waals surface area contributed by atoms with Crippen LogP contribution < -0.4 is 4.74 Å². The molecule has 0 radical (unpaired) electrons. The van der Waals surface area contributed by atoms with Crippen LogP contribution in [0.2, 0.25) is 0 Å². The van der Waals surface area contributed by atoms with E-state index in [1.165, 1.54) is 37.6 Å². The zero-order valence-electron chi connectivity index (χ0n) is 18.6. The number of para-hydroxylation sites is 2. The second-order valence-corrected chi connectivity index (χ2v) is 8.56. The van der Waals surface area contributed by atoms with E-state index in [2.05, 4.69) is 64.9 Å². The molecule has 3 nitrogen and oxygen atoms in total. The Balaban J connectivity index is 1.56. The van der Waals surface area contributed by atoms with E-state index >= 15 is 0 Å². The van der Waals surface area contributed by atoms with Crippen molar-refractivity contribution in [2.45, 2.75) is 38.6 Å². The lowest BCUT2D eigenvalue weighted by Gasteiger charge is -2.23. The number of hydrogen-bond acceptors (Lipinski definition) is 2. The smallest absolute Gasteiger partial charge is 0.142 e. The Morgan fingerprint density at radius 1 is 0.875 bits per heavy atom. The van der Waals surface area contributed by atoms with Crippen LogP contribution in [0.5, 0.6) is 5.75 Å². The lowest BCUT2D eigenvalue weighted by Crippen LogP contribution is -2.15. The summed E-state index contributed by atoms with van der Waals surface area (Å²) in [6.07, 6.45) is 6.68. The van der Waals surface area contributed by atoms with Crippen LogP contribution in [0.15, 0.2) is 72.8 Å². The topological polar surface area (TPSA) is 27.1 Å². The van der Waals surface area contributed by atoms with Gasteiger partial charge in [0.15, 0.2) is 0 Å². The Bertz CT molecular complexity index is 1270. The highest BCUT2D eigenvalue weighted by atomic mass is 16.5. The van der Waals surface area contributed by atoms with E-state index in [0.717, 1.165) is 46.2 Å². The average Bonchev–Trinajstić information content (AvgIpc) is 3.22. The molecule has 1 saturated carbocycles. The fourth-order valence-corrected chi connectivity index (χ4v) is 4.69. The fourth-order valence-electron chi connectivity index (χ4n) is 4.69. The summed E-state index contributed by atoms with van der Waals surface area (Å²) >= 11 is 0. The van der Waals surface area contributed by atoms with Crippen molar-refractivity contribution in [3.63, 3.8) is 0 Å². The first kappa shape index (κ1) is 20.4. The second-order valence-electron chi connectivity index (χ2n) is 8.56. The van der Waals surface area contributed by atoms with Crippen LogP contribution in [0.4, 0.5) is 0 Å². The minimum atomic E-state index is 0.720. The summed E-state index contributed by atoms with van der Waals surface area (Å²) in [5, 5.41) is 0. The summed E-state index contributed by atoms with van der Waals surface area (Å²) in [6, 6.07) is 24.7. The standard InChI is InChI=1S/C29H28N2O/c1-32-25-19-16-22(17-20-25)15-18-24-11-5-6-12-26(24)29-30-27-13-7-8-14-28(27)31(29)21-23-9-3-2-4-10-23/h5-8,11-14,16-17,19-20,23H,2-4,9-10,21H2,1H3. The van der Waals surface area contributed by atoms with Crippen LogP contribution in [0.3, 0.4) is 0 Å². The van der Waals surface area contributed by atoms with E-state index in [1.54, 1.807) is 7.11 Å². The maximum absolute atomic E-state index is 5.25. The largest absolute Gasteiger partial charge is 0.497 e. The molecule has 1 aliphatic carbocycles. The van der Waals surface area contributed by atoms with Gasteiger partial charge in [0, 0.05) is 23.2 Å². The van der Waals surface area contributed by atoms with Gasteiger partial charge in [-0.05, 0) is 67.3 Å². The van der Waals surface area contributed by atoms with Crippen LogP contribution in [-0.2, 0) is 6.54 Å². The number of nitrogens with zero attached hydrogens (tertiary/aromatic N) is 2. The van der Waals surface area contributed by atoms with Crippen molar-refractivity contribution >= 4 is 11.0 Å². The Labute approximate surface area is 190 Å². The summed E-state index contributed by atoms with van der Waals surface area (Å²) < 4.78 is 7.68. The minimum Gasteiger partial charge on any atom is -0.497 e. The van der Waals surface area contributed by atoms with Crippen LogP contribution in [0.25, 0.3) is 22.4 Å². The monoisotopic (exact) mass is 420 g/mol. The van der Waals surface area contributed by atoms with E-state index in [0.29, 0.717) is 0 Å².